The van der Waals surface area contributed by atoms with Crippen LogP contribution in [0.2, 0.25) is 0 Å². The minimum atomic E-state index is 0.488. The van der Waals surface area contributed by atoms with Gasteiger partial charge in [0.15, 0.2) is 5.84 Å². The van der Waals surface area contributed by atoms with Gasteiger partial charge in [0.1, 0.15) is 12.0 Å². The second-order valence-electron chi connectivity index (χ2n) is 3.08. The van der Waals surface area contributed by atoms with Crippen molar-refractivity contribution >= 4 is 12.1 Å². The van der Waals surface area contributed by atoms with Crippen LogP contribution in [0.3, 0.4) is 0 Å². The molecule has 0 aromatic carbocycles. The fraction of sp³-hybridized carbons (Fsp3) is 0.333. The van der Waals surface area contributed by atoms with E-state index in [0.29, 0.717) is 12.1 Å². The molecule has 0 saturated heterocycles. The summed E-state index contributed by atoms with van der Waals surface area (Å²) in [6.45, 7) is 4.17. The molecule has 0 atom stereocenters. The Bertz CT molecular complexity index is 353. The lowest BCUT2D eigenvalue weighted by Gasteiger charge is -2.22. The topological polar surface area (TPSA) is 41.9 Å². The zero-order valence-corrected chi connectivity index (χ0v) is 7.57. The molecule has 0 radical (unpaired) electrons. The molecule has 0 amide bonds. The third kappa shape index (κ3) is 1.24. The van der Waals surface area contributed by atoms with E-state index in [1.807, 2.05) is 19.9 Å². The van der Waals surface area contributed by atoms with E-state index in [0.717, 1.165) is 23.6 Å². The van der Waals surface area contributed by atoms with E-state index >= 15 is 0 Å². The Morgan fingerprint density at radius 3 is 3.08 bits per heavy atom. The normalized spacial score (nSPS) is 20.6. The summed E-state index contributed by atoms with van der Waals surface area (Å²) in [6, 6.07) is 0. The van der Waals surface area contributed by atoms with Crippen LogP contribution in [0.4, 0.5) is 0 Å². The highest BCUT2D eigenvalue weighted by Crippen LogP contribution is 2.21. The van der Waals surface area contributed by atoms with Gasteiger partial charge in [0.25, 0.3) is 0 Å². The lowest BCUT2D eigenvalue weighted by atomic mass is 10.2. The van der Waals surface area contributed by atoms with Gasteiger partial charge < -0.3 is 4.84 Å². The number of hydrogen-bond donors (Lipinski definition) is 0. The number of rotatable bonds is 1. The Kier molecular flexibility index (Phi) is 1.69. The van der Waals surface area contributed by atoms with Gasteiger partial charge in [-0.15, -0.1) is 0 Å². The van der Waals surface area contributed by atoms with Crippen molar-refractivity contribution < 1.29 is 9.63 Å². The van der Waals surface area contributed by atoms with Crippen molar-refractivity contribution in [2.24, 2.45) is 4.99 Å². The van der Waals surface area contributed by atoms with E-state index in [4.69, 9.17) is 4.84 Å². The molecule has 0 aliphatic carbocycles. The third-order valence-electron chi connectivity index (χ3n) is 2.05. The van der Waals surface area contributed by atoms with Crippen molar-refractivity contribution in [2.45, 2.75) is 13.8 Å². The molecule has 4 nitrogen and oxygen atoms in total. The summed E-state index contributed by atoms with van der Waals surface area (Å²) >= 11 is 0. The van der Waals surface area contributed by atoms with Crippen LogP contribution in [0.25, 0.3) is 0 Å². The second-order valence-corrected chi connectivity index (χ2v) is 3.08. The van der Waals surface area contributed by atoms with Gasteiger partial charge in [-0.1, -0.05) is 0 Å². The van der Waals surface area contributed by atoms with E-state index in [1.54, 1.807) is 5.06 Å². The molecule has 0 N–H and O–H groups in total. The summed E-state index contributed by atoms with van der Waals surface area (Å²) in [5.74, 6) is 1.58. The fourth-order valence-corrected chi connectivity index (χ4v) is 1.34. The van der Waals surface area contributed by atoms with Crippen LogP contribution >= 0.6 is 0 Å². The van der Waals surface area contributed by atoms with Crippen molar-refractivity contribution in [3.63, 3.8) is 0 Å². The van der Waals surface area contributed by atoms with Crippen LogP contribution in [0.15, 0.2) is 28.1 Å². The molecule has 0 spiro atoms. The second kappa shape index (κ2) is 2.73. The first-order chi connectivity index (χ1) is 6.20. The summed E-state index contributed by atoms with van der Waals surface area (Å²) < 4.78 is 0. The fourth-order valence-electron chi connectivity index (χ4n) is 1.34. The molecule has 0 bridgehead atoms. The van der Waals surface area contributed by atoms with E-state index < -0.39 is 0 Å². The summed E-state index contributed by atoms with van der Waals surface area (Å²) in [7, 11) is 0. The number of allylic oxidation sites excluding steroid dienone is 2. The molecule has 68 valence electrons. The maximum absolute atomic E-state index is 10.6. The zero-order valence-electron chi connectivity index (χ0n) is 7.57. The molecular formula is C9H10N2O2. The predicted octanol–water partition coefficient (Wildman–Crippen LogP) is 1.02. The number of fused-ring (bicyclic) bond motifs is 1. The van der Waals surface area contributed by atoms with Crippen molar-refractivity contribution in [1.82, 2.24) is 5.06 Å². The first-order valence-corrected chi connectivity index (χ1v) is 4.08. The highest BCUT2D eigenvalue weighted by atomic mass is 16.7. The molecule has 2 aliphatic rings. The number of hydrogen-bond acceptors (Lipinski definition) is 4. The van der Waals surface area contributed by atoms with Gasteiger partial charge in [-0.05, 0) is 13.8 Å². The number of aliphatic imine (C=N–C) groups is 1. The number of nitrogens with zero attached hydrogens (tertiary/aromatic N) is 2. The smallest absolute Gasteiger partial charge is 0.167 e. The first-order valence-electron chi connectivity index (χ1n) is 4.08. The highest BCUT2D eigenvalue weighted by Gasteiger charge is 2.24. The molecule has 13 heavy (non-hydrogen) atoms. The molecule has 4 heteroatoms. The summed E-state index contributed by atoms with van der Waals surface area (Å²) in [5.41, 5.74) is 1.45. The highest BCUT2D eigenvalue weighted by molar-refractivity contribution is 5.97. The van der Waals surface area contributed by atoms with Crippen LogP contribution in [0, 0.1) is 0 Å². The largest absolute Gasteiger partial charge is 0.382 e. The van der Waals surface area contributed by atoms with E-state index in [9.17, 15) is 4.79 Å². The molecular weight excluding hydrogens is 168 g/mol. The molecule has 0 fully saturated rings. The van der Waals surface area contributed by atoms with Gasteiger partial charge in [0.05, 0.1) is 6.54 Å². The van der Waals surface area contributed by atoms with Gasteiger partial charge >= 0.3 is 0 Å². The van der Waals surface area contributed by atoms with Gasteiger partial charge in [-0.3, -0.25) is 4.79 Å². The van der Waals surface area contributed by atoms with Crippen LogP contribution in [-0.4, -0.2) is 23.7 Å². The quantitative estimate of drug-likeness (QED) is 0.563. The van der Waals surface area contributed by atoms with Crippen LogP contribution in [-0.2, 0) is 9.63 Å². The minimum Gasteiger partial charge on any atom is -0.382 e. The number of carbonyl (C=O) groups is 1. The molecule has 0 unspecified atom stereocenters. The number of hydroxylamine groups is 2. The van der Waals surface area contributed by atoms with Crippen molar-refractivity contribution in [1.29, 1.82) is 0 Å². The molecule has 2 aliphatic heterocycles. The van der Waals surface area contributed by atoms with Gasteiger partial charge in [0, 0.05) is 17.3 Å². The maximum Gasteiger partial charge on any atom is 0.167 e. The Morgan fingerprint density at radius 1 is 1.62 bits per heavy atom. The molecule has 0 aromatic rings. The SMILES string of the molecule is CC1=CC2=NC(C)=C(C=O)CN2O1. The summed E-state index contributed by atoms with van der Waals surface area (Å²) in [6.07, 6.45) is 2.68. The molecule has 2 rings (SSSR count). The van der Waals surface area contributed by atoms with E-state index in [1.165, 1.54) is 0 Å². The number of amidine groups is 1. The van der Waals surface area contributed by atoms with Gasteiger partial charge in [0.2, 0.25) is 0 Å². The zero-order chi connectivity index (χ0) is 9.42. The van der Waals surface area contributed by atoms with Crippen molar-refractivity contribution in [3.05, 3.63) is 23.1 Å². The van der Waals surface area contributed by atoms with Crippen molar-refractivity contribution in [3.8, 4) is 0 Å². The average Bonchev–Trinajstić information content (AvgIpc) is 2.42. The Morgan fingerprint density at radius 2 is 2.38 bits per heavy atom. The average molecular weight is 178 g/mol. The molecule has 2 heterocycles. The first kappa shape index (κ1) is 8.04. The molecule has 0 aromatic heterocycles. The van der Waals surface area contributed by atoms with Gasteiger partial charge in [-0.2, -0.15) is 5.06 Å². The van der Waals surface area contributed by atoms with E-state index in [-0.39, 0.29) is 0 Å². The minimum absolute atomic E-state index is 0.488. The van der Waals surface area contributed by atoms with Crippen LogP contribution in [0.5, 0.6) is 0 Å². The molecule has 0 saturated carbocycles. The standard InChI is InChI=1S/C9H10N2O2/c1-6-3-9-10-7(2)8(5-12)4-11(9)13-6/h3,5H,4H2,1-2H3. The van der Waals surface area contributed by atoms with Crippen LogP contribution < -0.4 is 0 Å². The van der Waals surface area contributed by atoms with Gasteiger partial charge in [-0.25, -0.2) is 4.99 Å². The van der Waals surface area contributed by atoms with Crippen LogP contribution in [0.1, 0.15) is 13.8 Å². The van der Waals surface area contributed by atoms with E-state index in [2.05, 4.69) is 4.99 Å². The maximum atomic E-state index is 10.6. The number of carbonyl (C=O) groups excluding carboxylic acids is 1. The van der Waals surface area contributed by atoms with Crippen molar-refractivity contribution in [2.75, 3.05) is 6.54 Å². The Balaban J connectivity index is 2.36. The summed E-state index contributed by atoms with van der Waals surface area (Å²) in [5, 5.41) is 1.62. The number of aldehydes is 1. The lowest BCUT2D eigenvalue weighted by Crippen LogP contribution is -2.30. The lowest BCUT2D eigenvalue weighted by molar-refractivity contribution is -0.106. The predicted molar refractivity (Wildman–Crippen MR) is 47.7 cm³/mol. The Labute approximate surface area is 76.2 Å². The third-order valence-corrected chi connectivity index (χ3v) is 2.05. The summed E-state index contributed by atoms with van der Waals surface area (Å²) in [4.78, 5) is 20.2. The Hall–Kier alpha value is -1.58. The monoisotopic (exact) mass is 178 g/mol.